The zero-order valence-corrected chi connectivity index (χ0v) is 17.6. The Hall–Kier alpha value is -3.03. The normalized spacial score (nSPS) is 13.6. The molecule has 1 aliphatic carbocycles. The predicted molar refractivity (Wildman–Crippen MR) is 117 cm³/mol. The van der Waals surface area contributed by atoms with Gasteiger partial charge in [-0.25, -0.2) is 4.39 Å². The fourth-order valence-corrected chi connectivity index (χ4v) is 3.66. The van der Waals surface area contributed by atoms with Crippen LogP contribution in [0, 0.1) is 5.82 Å². The molecule has 2 N–H and O–H groups in total. The van der Waals surface area contributed by atoms with Crippen LogP contribution >= 0.6 is 0 Å². The average Bonchev–Trinajstić information content (AvgIpc) is 2.76. The summed E-state index contributed by atoms with van der Waals surface area (Å²) < 4.78 is 20.8. The molecule has 1 atom stereocenters. The number of aromatic nitrogens is 2. The Bertz CT molecular complexity index is 1130. The molecule has 1 unspecified atom stereocenters. The van der Waals surface area contributed by atoms with Crippen LogP contribution in [-0.4, -0.2) is 40.2 Å². The van der Waals surface area contributed by atoms with Crippen molar-refractivity contribution in [3.63, 3.8) is 0 Å². The quantitative estimate of drug-likeness (QED) is 0.611. The van der Waals surface area contributed by atoms with Crippen LogP contribution in [0.15, 0.2) is 53.3 Å². The molecule has 0 saturated heterocycles. The zero-order chi connectivity index (χ0) is 22.0. The summed E-state index contributed by atoms with van der Waals surface area (Å²) in [7, 11) is 0. The molecule has 0 saturated carbocycles. The Morgan fingerprint density at radius 1 is 1.13 bits per heavy atom. The number of rotatable bonds is 7. The van der Waals surface area contributed by atoms with E-state index in [1.165, 1.54) is 16.8 Å². The van der Waals surface area contributed by atoms with Gasteiger partial charge in [0.15, 0.2) is 0 Å². The van der Waals surface area contributed by atoms with Crippen LogP contribution in [0.3, 0.4) is 0 Å². The van der Waals surface area contributed by atoms with Crippen LogP contribution in [0.25, 0.3) is 16.9 Å². The zero-order valence-electron chi connectivity index (χ0n) is 17.6. The number of halogens is 1. The summed E-state index contributed by atoms with van der Waals surface area (Å²) in [6.45, 7) is 4.64. The number of nitrogens with zero attached hydrogens (tertiary/aromatic N) is 2. The minimum atomic E-state index is -0.618. The lowest BCUT2D eigenvalue weighted by Gasteiger charge is -2.20. The fourth-order valence-electron chi connectivity index (χ4n) is 3.66. The van der Waals surface area contributed by atoms with Gasteiger partial charge >= 0.3 is 0 Å². The lowest BCUT2D eigenvalue weighted by molar-refractivity contribution is 0.104. The first-order valence-electron chi connectivity index (χ1n) is 10.5. The van der Waals surface area contributed by atoms with Crippen LogP contribution in [-0.2, 0) is 12.8 Å². The molecule has 1 aliphatic rings. The third kappa shape index (κ3) is 4.84. The molecular weight excluding hydrogens is 397 g/mol. The van der Waals surface area contributed by atoms with E-state index in [1.54, 1.807) is 36.4 Å². The molecule has 0 bridgehead atoms. The van der Waals surface area contributed by atoms with Crippen molar-refractivity contribution in [2.24, 2.45) is 0 Å². The van der Waals surface area contributed by atoms with Crippen molar-refractivity contribution in [1.82, 2.24) is 15.1 Å². The monoisotopic (exact) mass is 423 g/mol. The topological polar surface area (TPSA) is 76.4 Å². The van der Waals surface area contributed by atoms with Gasteiger partial charge in [-0.3, -0.25) is 4.79 Å². The van der Waals surface area contributed by atoms with Crippen LogP contribution in [0.1, 0.15) is 25.0 Å². The van der Waals surface area contributed by atoms with Gasteiger partial charge in [-0.1, -0.05) is 19.9 Å². The number of ether oxygens (including phenoxy) is 1. The molecule has 0 fully saturated rings. The maximum Gasteiger partial charge on any atom is 0.271 e. The standard InChI is InChI=1S/C24H26FN3O3/c1-15(2)26-13-20(29)14-31-21-9-7-19(8-10-21)28-23(30)11-17-4-3-16-5-6-18(25)12-22(16)24(17)27-28/h5-12,15,20,26,29H,3-4,13-14H2,1-2H3. The van der Waals surface area contributed by atoms with Gasteiger partial charge in [-0.15, -0.1) is 0 Å². The molecule has 1 heterocycles. The first kappa shape index (κ1) is 21.2. The molecule has 4 rings (SSSR count). The third-order valence-electron chi connectivity index (χ3n) is 5.29. The summed E-state index contributed by atoms with van der Waals surface area (Å²) in [5.74, 6) is 0.268. The highest BCUT2D eigenvalue weighted by atomic mass is 19.1. The molecule has 0 aliphatic heterocycles. The third-order valence-corrected chi connectivity index (χ3v) is 5.29. The van der Waals surface area contributed by atoms with E-state index in [0.717, 1.165) is 23.1 Å². The summed E-state index contributed by atoms with van der Waals surface area (Å²) in [5.41, 5.74) is 3.60. The molecule has 162 valence electrons. The Labute approximate surface area is 180 Å². The van der Waals surface area contributed by atoms with Crippen molar-refractivity contribution in [2.75, 3.05) is 13.2 Å². The largest absolute Gasteiger partial charge is 0.491 e. The van der Waals surface area contributed by atoms with Gasteiger partial charge < -0.3 is 15.2 Å². The van der Waals surface area contributed by atoms with Gasteiger partial charge in [0.2, 0.25) is 0 Å². The summed E-state index contributed by atoms with van der Waals surface area (Å²) >= 11 is 0. The minimum absolute atomic E-state index is 0.165. The highest BCUT2D eigenvalue weighted by Gasteiger charge is 2.20. The van der Waals surface area contributed by atoms with Crippen molar-refractivity contribution in [3.05, 3.63) is 75.8 Å². The summed E-state index contributed by atoms with van der Waals surface area (Å²) in [6.07, 6.45) is 0.850. The van der Waals surface area contributed by atoms with Crippen LogP contribution in [0.5, 0.6) is 5.75 Å². The van der Waals surface area contributed by atoms with Gasteiger partial charge in [-0.2, -0.15) is 9.78 Å². The molecule has 0 amide bonds. The number of aliphatic hydroxyl groups excluding tert-OH is 1. The lowest BCUT2D eigenvalue weighted by Crippen LogP contribution is -2.35. The SMILES string of the molecule is CC(C)NCC(O)COc1ccc(-n2nc3c(cc2=O)CCc2ccc(F)cc2-3)cc1. The molecule has 6 nitrogen and oxygen atoms in total. The summed E-state index contributed by atoms with van der Waals surface area (Å²) in [6, 6.07) is 13.5. The number of hydrogen-bond acceptors (Lipinski definition) is 5. The van der Waals surface area contributed by atoms with E-state index in [2.05, 4.69) is 10.4 Å². The second-order valence-corrected chi connectivity index (χ2v) is 8.09. The molecule has 2 aromatic carbocycles. The minimum Gasteiger partial charge on any atom is -0.491 e. The highest BCUT2D eigenvalue weighted by molar-refractivity contribution is 5.69. The number of aryl methyl sites for hydroxylation is 2. The van der Waals surface area contributed by atoms with Gasteiger partial charge in [0, 0.05) is 24.2 Å². The second kappa shape index (κ2) is 8.99. The van der Waals surface area contributed by atoms with E-state index in [0.29, 0.717) is 36.1 Å². The Morgan fingerprint density at radius 3 is 2.61 bits per heavy atom. The van der Waals surface area contributed by atoms with E-state index in [9.17, 15) is 14.3 Å². The van der Waals surface area contributed by atoms with Gasteiger partial charge in [0.1, 0.15) is 24.3 Å². The molecule has 1 aromatic heterocycles. The number of benzene rings is 2. The maximum absolute atomic E-state index is 13.8. The van der Waals surface area contributed by atoms with E-state index in [1.807, 2.05) is 13.8 Å². The van der Waals surface area contributed by atoms with Gasteiger partial charge in [-0.05, 0) is 60.4 Å². The predicted octanol–water partition coefficient (Wildman–Crippen LogP) is 2.87. The highest BCUT2D eigenvalue weighted by Crippen LogP contribution is 2.31. The number of aliphatic hydroxyl groups is 1. The van der Waals surface area contributed by atoms with Crippen molar-refractivity contribution in [2.45, 2.75) is 38.8 Å². The van der Waals surface area contributed by atoms with Crippen LogP contribution < -0.4 is 15.6 Å². The van der Waals surface area contributed by atoms with E-state index < -0.39 is 6.10 Å². The van der Waals surface area contributed by atoms with Crippen molar-refractivity contribution < 1.29 is 14.2 Å². The number of fused-ring (bicyclic) bond motifs is 3. The van der Waals surface area contributed by atoms with Gasteiger partial charge in [0.25, 0.3) is 5.56 Å². The van der Waals surface area contributed by atoms with E-state index >= 15 is 0 Å². The van der Waals surface area contributed by atoms with Gasteiger partial charge in [0.05, 0.1) is 11.4 Å². The summed E-state index contributed by atoms with van der Waals surface area (Å²) in [5, 5.41) is 17.7. The van der Waals surface area contributed by atoms with E-state index in [4.69, 9.17) is 4.74 Å². The Morgan fingerprint density at radius 2 is 1.87 bits per heavy atom. The molecule has 0 radical (unpaired) electrons. The van der Waals surface area contributed by atoms with Crippen molar-refractivity contribution >= 4 is 0 Å². The molecular formula is C24H26FN3O3. The van der Waals surface area contributed by atoms with Crippen LogP contribution in [0.2, 0.25) is 0 Å². The number of hydrogen-bond donors (Lipinski definition) is 2. The molecule has 3 aromatic rings. The Balaban J connectivity index is 1.54. The average molecular weight is 423 g/mol. The Kier molecular flexibility index (Phi) is 6.15. The smallest absolute Gasteiger partial charge is 0.271 e. The first-order valence-corrected chi connectivity index (χ1v) is 10.5. The maximum atomic E-state index is 13.8. The molecule has 31 heavy (non-hydrogen) atoms. The van der Waals surface area contributed by atoms with Crippen molar-refractivity contribution in [1.29, 1.82) is 0 Å². The van der Waals surface area contributed by atoms with E-state index in [-0.39, 0.29) is 18.0 Å². The lowest BCUT2D eigenvalue weighted by atomic mass is 9.89. The summed E-state index contributed by atoms with van der Waals surface area (Å²) in [4.78, 5) is 12.7. The molecule has 0 spiro atoms. The van der Waals surface area contributed by atoms with Crippen LogP contribution in [0.4, 0.5) is 4.39 Å². The molecule has 7 heteroatoms. The fraction of sp³-hybridized carbons (Fsp3) is 0.333. The second-order valence-electron chi connectivity index (χ2n) is 8.09. The van der Waals surface area contributed by atoms with Crippen molar-refractivity contribution in [3.8, 4) is 22.7 Å². The number of nitrogens with one attached hydrogen (secondary N) is 1. The first-order chi connectivity index (χ1) is 14.9.